The lowest BCUT2D eigenvalue weighted by Gasteiger charge is -1.95. The van der Waals surface area contributed by atoms with Crippen molar-refractivity contribution in [3.05, 3.63) is 46.2 Å². The van der Waals surface area contributed by atoms with Crippen LogP contribution in [-0.4, -0.2) is 9.97 Å². The van der Waals surface area contributed by atoms with E-state index in [1.54, 1.807) is 11.3 Å². The summed E-state index contributed by atoms with van der Waals surface area (Å²) in [4.78, 5) is 8.96. The molecule has 76 valence electrons. The summed E-state index contributed by atoms with van der Waals surface area (Å²) in [5.74, 6) is 0.763. The molecule has 2 aromatic heterocycles. The summed E-state index contributed by atoms with van der Waals surface area (Å²) in [5.41, 5.74) is 2.40. The number of rotatable bonds is 3. The van der Waals surface area contributed by atoms with E-state index in [0.717, 1.165) is 18.0 Å². The highest BCUT2D eigenvalue weighted by atomic mass is 32.1. The molecule has 0 N–H and O–H groups in total. The molecule has 2 nitrogen and oxygen atoms in total. The molecular formula is C12H12N2S. The number of pyridine rings is 1. The molecule has 0 amide bonds. The Kier molecular flexibility index (Phi) is 2.25. The van der Waals surface area contributed by atoms with Crippen LogP contribution in [0.3, 0.4) is 0 Å². The van der Waals surface area contributed by atoms with Crippen LogP contribution >= 0.6 is 11.3 Å². The number of thiazole rings is 1. The van der Waals surface area contributed by atoms with Crippen LogP contribution < -0.4 is 0 Å². The molecule has 1 saturated carbocycles. The van der Waals surface area contributed by atoms with Gasteiger partial charge in [-0.1, -0.05) is 6.07 Å². The summed E-state index contributed by atoms with van der Waals surface area (Å²) in [5, 5.41) is 3.39. The third kappa shape index (κ3) is 2.07. The zero-order valence-electron chi connectivity index (χ0n) is 8.39. The van der Waals surface area contributed by atoms with Gasteiger partial charge in [-0.3, -0.25) is 4.98 Å². The first-order chi connectivity index (χ1) is 7.42. The normalized spacial score (nSPS) is 15.5. The van der Waals surface area contributed by atoms with Gasteiger partial charge in [0.25, 0.3) is 0 Å². The van der Waals surface area contributed by atoms with Crippen molar-refractivity contribution in [2.75, 3.05) is 0 Å². The van der Waals surface area contributed by atoms with E-state index in [-0.39, 0.29) is 0 Å². The maximum absolute atomic E-state index is 4.65. The van der Waals surface area contributed by atoms with Crippen LogP contribution in [0.5, 0.6) is 0 Å². The zero-order chi connectivity index (χ0) is 10.1. The molecule has 2 heterocycles. The fourth-order valence-electron chi connectivity index (χ4n) is 1.63. The maximum Gasteiger partial charge on any atom is 0.0988 e. The molecule has 3 heteroatoms. The van der Waals surface area contributed by atoms with Crippen LogP contribution in [0.1, 0.15) is 35.2 Å². The number of hydrogen-bond donors (Lipinski definition) is 0. The first-order valence-electron chi connectivity index (χ1n) is 5.26. The molecule has 2 aromatic rings. The quantitative estimate of drug-likeness (QED) is 0.788. The summed E-state index contributed by atoms with van der Waals surface area (Å²) >= 11 is 1.76. The van der Waals surface area contributed by atoms with Crippen LogP contribution in [0.25, 0.3) is 0 Å². The predicted octanol–water partition coefficient (Wildman–Crippen LogP) is 3.01. The van der Waals surface area contributed by atoms with Crippen molar-refractivity contribution in [2.24, 2.45) is 0 Å². The van der Waals surface area contributed by atoms with Gasteiger partial charge in [-0.2, -0.15) is 0 Å². The van der Waals surface area contributed by atoms with Gasteiger partial charge in [-0.05, 0) is 25.0 Å². The third-order valence-electron chi connectivity index (χ3n) is 2.62. The summed E-state index contributed by atoms with van der Waals surface area (Å²) in [6.07, 6.45) is 5.36. The second-order valence-corrected chi connectivity index (χ2v) is 4.88. The van der Waals surface area contributed by atoms with Gasteiger partial charge in [-0.15, -0.1) is 11.3 Å². The lowest BCUT2D eigenvalue weighted by atomic mass is 10.3. The fraction of sp³-hybridized carbons (Fsp3) is 0.333. The molecular weight excluding hydrogens is 204 g/mol. The summed E-state index contributed by atoms with van der Waals surface area (Å²) in [7, 11) is 0. The first kappa shape index (κ1) is 9.04. The SMILES string of the molecule is c1ccc(Cc2nc(C3CC3)cs2)nc1. The minimum Gasteiger partial charge on any atom is -0.261 e. The molecule has 1 aliphatic rings. The van der Waals surface area contributed by atoms with E-state index in [1.807, 2.05) is 18.3 Å². The maximum atomic E-state index is 4.65. The Morgan fingerprint density at radius 3 is 3.00 bits per heavy atom. The second kappa shape index (κ2) is 3.74. The summed E-state index contributed by atoms with van der Waals surface area (Å²) in [6, 6.07) is 6.02. The van der Waals surface area contributed by atoms with Crippen molar-refractivity contribution in [3.8, 4) is 0 Å². The predicted molar refractivity (Wildman–Crippen MR) is 61.1 cm³/mol. The van der Waals surface area contributed by atoms with E-state index in [9.17, 15) is 0 Å². The van der Waals surface area contributed by atoms with Gasteiger partial charge in [-0.25, -0.2) is 4.98 Å². The Bertz CT molecular complexity index is 446. The van der Waals surface area contributed by atoms with Gasteiger partial charge in [0.05, 0.1) is 10.7 Å². The molecule has 0 bridgehead atoms. The third-order valence-corrected chi connectivity index (χ3v) is 3.49. The average molecular weight is 216 g/mol. The molecule has 0 radical (unpaired) electrons. The van der Waals surface area contributed by atoms with Crippen molar-refractivity contribution in [3.63, 3.8) is 0 Å². The Morgan fingerprint density at radius 2 is 2.27 bits per heavy atom. The van der Waals surface area contributed by atoms with Gasteiger partial charge < -0.3 is 0 Å². The van der Waals surface area contributed by atoms with Gasteiger partial charge >= 0.3 is 0 Å². The van der Waals surface area contributed by atoms with E-state index in [4.69, 9.17) is 0 Å². The van der Waals surface area contributed by atoms with Crippen LogP contribution in [0.15, 0.2) is 29.8 Å². The van der Waals surface area contributed by atoms with Crippen LogP contribution in [0.4, 0.5) is 0 Å². The van der Waals surface area contributed by atoms with Gasteiger partial charge in [0.2, 0.25) is 0 Å². The topological polar surface area (TPSA) is 25.8 Å². The largest absolute Gasteiger partial charge is 0.261 e. The number of hydrogen-bond acceptors (Lipinski definition) is 3. The zero-order valence-corrected chi connectivity index (χ0v) is 9.20. The molecule has 0 atom stereocenters. The highest BCUT2D eigenvalue weighted by molar-refractivity contribution is 7.09. The Hall–Kier alpha value is -1.22. The van der Waals surface area contributed by atoms with E-state index in [1.165, 1.54) is 23.5 Å². The lowest BCUT2D eigenvalue weighted by Crippen LogP contribution is -1.90. The Labute approximate surface area is 93.0 Å². The summed E-state index contributed by atoms with van der Waals surface area (Å²) < 4.78 is 0. The van der Waals surface area contributed by atoms with Gasteiger partial charge in [0.1, 0.15) is 0 Å². The molecule has 0 unspecified atom stereocenters. The van der Waals surface area contributed by atoms with E-state index in [2.05, 4.69) is 21.4 Å². The van der Waals surface area contributed by atoms with Crippen molar-refractivity contribution in [1.29, 1.82) is 0 Å². The molecule has 0 aromatic carbocycles. The highest BCUT2D eigenvalue weighted by Crippen LogP contribution is 2.40. The van der Waals surface area contributed by atoms with Crippen LogP contribution in [0, 0.1) is 0 Å². The lowest BCUT2D eigenvalue weighted by molar-refractivity contribution is 0.987. The second-order valence-electron chi connectivity index (χ2n) is 3.94. The van der Waals surface area contributed by atoms with Gasteiger partial charge in [0.15, 0.2) is 0 Å². The van der Waals surface area contributed by atoms with Crippen molar-refractivity contribution in [2.45, 2.75) is 25.2 Å². The van der Waals surface area contributed by atoms with E-state index in [0.29, 0.717) is 0 Å². The number of nitrogens with zero attached hydrogens (tertiary/aromatic N) is 2. The van der Waals surface area contributed by atoms with Crippen molar-refractivity contribution in [1.82, 2.24) is 9.97 Å². The smallest absolute Gasteiger partial charge is 0.0988 e. The molecule has 0 saturated heterocycles. The molecule has 0 spiro atoms. The molecule has 1 aliphatic carbocycles. The number of aromatic nitrogens is 2. The molecule has 15 heavy (non-hydrogen) atoms. The standard InChI is InChI=1S/C12H12N2S/c1-2-6-13-10(3-1)7-12-14-11(8-15-12)9-4-5-9/h1-3,6,8-9H,4-5,7H2. The van der Waals surface area contributed by atoms with Crippen molar-refractivity contribution < 1.29 is 0 Å². The average Bonchev–Trinajstić information content (AvgIpc) is 3.02. The Morgan fingerprint density at radius 1 is 1.33 bits per heavy atom. The van der Waals surface area contributed by atoms with Crippen LogP contribution in [-0.2, 0) is 6.42 Å². The fourth-order valence-corrected chi connectivity index (χ4v) is 2.52. The molecule has 3 rings (SSSR count). The van der Waals surface area contributed by atoms with Crippen LogP contribution in [0.2, 0.25) is 0 Å². The molecule has 1 fully saturated rings. The minimum atomic E-state index is 0.763. The van der Waals surface area contributed by atoms with Crippen molar-refractivity contribution >= 4 is 11.3 Å². The first-order valence-corrected chi connectivity index (χ1v) is 6.14. The highest BCUT2D eigenvalue weighted by Gasteiger charge is 2.25. The monoisotopic (exact) mass is 216 g/mol. The Balaban J connectivity index is 1.76. The summed E-state index contributed by atoms with van der Waals surface area (Å²) in [6.45, 7) is 0. The van der Waals surface area contributed by atoms with Gasteiger partial charge in [0, 0.05) is 29.6 Å². The minimum absolute atomic E-state index is 0.763. The molecule has 0 aliphatic heterocycles. The van der Waals surface area contributed by atoms with E-state index >= 15 is 0 Å². The van der Waals surface area contributed by atoms with E-state index < -0.39 is 0 Å².